The maximum Gasteiger partial charge on any atom is 0.0323 e. The number of nitrogens with two attached hydrogens (primary N) is 1. The minimum absolute atomic E-state index is 0.253. The van der Waals surface area contributed by atoms with Gasteiger partial charge >= 0.3 is 0 Å². The van der Waals surface area contributed by atoms with Crippen LogP contribution in [0, 0.1) is 5.92 Å². The third-order valence-corrected chi connectivity index (χ3v) is 4.38. The molecule has 0 saturated heterocycles. The lowest BCUT2D eigenvalue weighted by Crippen LogP contribution is -2.18. The first-order chi connectivity index (χ1) is 7.81. The summed E-state index contributed by atoms with van der Waals surface area (Å²) in [6.07, 6.45) is 5.35. The summed E-state index contributed by atoms with van der Waals surface area (Å²) in [5, 5.41) is 0. The van der Waals surface area contributed by atoms with E-state index in [0.717, 1.165) is 5.75 Å². The minimum atomic E-state index is 0.253. The lowest BCUT2D eigenvalue weighted by Gasteiger charge is -2.19. The van der Waals surface area contributed by atoms with E-state index < -0.39 is 0 Å². The molecule has 1 nitrogen and oxygen atoms in total. The molecule has 2 rings (SSSR count). The first-order valence-electron chi connectivity index (χ1n) is 6.29. The van der Waals surface area contributed by atoms with E-state index in [4.69, 9.17) is 5.73 Å². The van der Waals surface area contributed by atoms with Gasteiger partial charge in [-0.25, -0.2) is 0 Å². The Morgan fingerprint density at radius 1 is 1.25 bits per heavy atom. The Morgan fingerprint density at radius 2 is 1.88 bits per heavy atom. The van der Waals surface area contributed by atoms with Gasteiger partial charge in [0.15, 0.2) is 0 Å². The van der Waals surface area contributed by atoms with Crippen LogP contribution < -0.4 is 5.73 Å². The van der Waals surface area contributed by atoms with E-state index in [-0.39, 0.29) is 6.04 Å². The highest BCUT2D eigenvalue weighted by molar-refractivity contribution is 7.99. The molecule has 2 heteroatoms. The smallest absolute Gasteiger partial charge is 0.0323 e. The molecule has 1 aliphatic carbocycles. The van der Waals surface area contributed by atoms with Crippen LogP contribution >= 0.6 is 11.8 Å². The summed E-state index contributed by atoms with van der Waals surface area (Å²) >= 11 is 1.89. The van der Waals surface area contributed by atoms with Crippen molar-refractivity contribution in [1.29, 1.82) is 0 Å². The van der Waals surface area contributed by atoms with Gasteiger partial charge in [0, 0.05) is 10.9 Å². The van der Waals surface area contributed by atoms with Crippen molar-refractivity contribution < 1.29 is 0 Å². The molecule has 88 valence electrons. The van der Waals surface area contributed by atoms with Crippen LogP contribution in [0.3, 0.4) is 0 Å². The lowest BCUT2D eigenvalue weighted by atomic mass is 9.93. The Kier molecular flexibility index (Phi) is 4.30. The van der Waals surface area contributed by atoms with Crippen LogP contribution in [0.2, 0.25) is 0 Å². The molecule has 0 unspecified atom stereocenters. The normalized spacial score (nSPS) is 18.9. The average molecular weight is 235 g/mol. The van der Waals surface area contributed by atoms with Gasteiger partial charge in [0.1, 0.15) is 0 Å². The summed E-state index contributed by atoms with van der Waals surface area (Å²) in [4.78, 5) is 1.35. The second-order valence-electron chi connectivity index (χ2n) is 4.57. The van der Waals surface area contributed by atoms with E-state index in [9.17, 15) is 0 Å². The van der Waals surface area contributed by atoms with Crippen LogP contribution in [0.25, 0.3) is 0 Å². The van der Waals surface area contributed by atoms with E-state index >= 15 is 0 Å². The highest BCUT2D eigenvalue weighted by Crippen LogP contribution is 2.34. The van der Waals surface area contributed by atoms with E-state index in [1.807, 2.05) is 11.8 Å². The van der Waals surface area contributed by atoms with Crippen molar-refractivity contribution in [2.75, 3.05) is 5.75 Å². The molecule has 0 bridgehead atoms. The Morgan fingerprint density at radius 3 is 2.44 bits per heavy atom. The Labute approximate surface area is 103 Å². The van der Waals surface area contributed by atoms with Crippen molar-refractivity contribution in [1.82, 2.24) is 0 Å². The van der Waals surface area contributed by atoms with Crippen LogP contribution in [0.15, 0.2) is 29.2 Å². The standard InChI is InChI=1S/C14H21NS/c1-2-16-13-9-7-12(8-10-13)14(15)11-5-3-4-6-11/h7-11,14H,2-6,15H2,1H3/t14-/m1/s1. The molecule has 16 heavy (non-hydrogen) atoms. The van der Waals surface area contributed by atoms with Gasteiger partial charge in [0.25, 0.3) is 0 Å². The fraction of sp³-hybridized carbons (Fsp3) is 0.571. The first kappa shape index (κ1) is 12.0. The summed E-state index contributed by atoms with van der Waals surface area (Å²) in [6, 6.07) is 9.08. The van der Waals surface area contributed by atoms with Crippen molar-refractivity contribution in [3.63, 3.8) is 0 Å². The third-order valence-electron chi connectivity index (χ3n) is 3.48. The molecule has 1 atom stereocenters. The Bertz CT molecular complexity index is 314. The molecule has 0 radical (unpaired) electrons. The molecule has 1 aliphatic rings. The van der Waals surface area contributed by atoms with Crippen LogP contribution in [0.4, 0.5) is 0 Å². The molecule has 2 N–H and O–H groups in total. The molecule has 0 amide bonds. The van der Waals surface area contributed by atoms with Crippen molar-refractivity contribution >= 4 is 11.8 Å². The van der Waals surface area contributed by atoms with Crippen LogP contribution in [-0.4, -0.2) is 5.75 Å². The van der Waals surface area contributed by atoms with Gasteiger partial charge in [-0.3, -0.25) is 0 Å². The van der Waals surface area contributed by atoms with E-state index in [1.165, 1.54) is 36.1 Å². The molecule has 1 fully saturated rings. The number of hydrogen-bond donors (Lipinski definition) is 1. The zero-order valence-electron chi connectivity index (χ0n) is 9.99. The molecule has 1 aromatic carbocycles. The zero-order chi connectivity index (χ0) is 11.4. The quantitative estimate of drug-likeness (QED) is 0.799. The molecule has 0 spiro atoms. The zero-order valence-corrected chi connectivity index (χ0v) is 10.8. The van der Waals surface area contributed by atoms with Gasteiger partial charge in [-0.05, 0) is 42.2 Å². The highest BCUT2D eigenvalue weighted by Gasteiger charge is 2.22. The Balaban J connectivity index is 2.02. The monoisotopic (exact) mass is 235 g/mol. The van der Waals surface area contributed by atoms with Crippen molar-refractivity contribution in [3.8, 4) is 0 Å². The molecule has 0 heterocycles. The number of thioether (sulfide) groups is 1. The summed E-state index contributed by atoms with van der Waals surface area (Å²) < 4.78 is 0. The fourth-order valence-corrected chi connectivity index (χ4v) is 3.20. The van der Waals surface area contributed by atoms with Crippen molar-refractivity contribution in [3.05, 3.63) is 29.8 Å². The minimum Gasteiger partial charge on any atom is -0.324 e. The largest absolute Gasteiger partial charge is 0.324 e. The molecular formula is C14H21NS. The van der Waals surface area contributed by atoms with Gasteiger partial charge in [-0.15, -0.1) is 11.8 Å². The predicted molar refractivity (Wildman–Crippen MR) is 71.7 cm³/mol. The summed E-state index contributed by atoms with van der Waals surface area (Å²) in [5.74, 6) is 1.85. The van der Waals surface area contributed by atoms with Crippen molar-refractivity contribution in [2.45, 2.75) is 43.5 Å². The topological polar surface area (TPSA) is 26.0 Å². The van der Waals surface area contributed by atoms with Crippen molar-refractivity contribution in [2.24, 2.45) is 11.7 Å². The van der Waals surface area contributed by atoms with E-state index in [2.05, 4.69) is 31.2 Å². The second kappa shape index (κ2) is 5.74. The molecule has 0 aromatic heterocycles. The van der Waals surface area contributed by atoms with Gasteiger partial charge in [-0.1, -0.05) is 31.9 Å². The van der Waals surface area contributed by atoms with Crippen LogP contribution in [-0.2, 0) is 0 Å². The predicted octanol–water partition coefficient (Wildman–Crippen LogP) is 3.99. The highest BCUT2D eigenvalue weighted by atomic mass is 32.2. The van der Waals surface area contributed by atoms with Gasteiger partial charge in [0.05, 0.1) is 0 Å². The molecule has 1 aromatic rings. The summed E-state index contributed by atoms with van der Waals surface area (Å²) in [6.45, 7) is 2.18. The summed E-state index contributed by atoms with van der Waals surface area (Å²) in [5.41, 5.74) is 7.63. The molecule has 1 saturated carbocycles. The number of benzene rings is 1. The van der Waals surface area contributed by atoms with Crippen LogP contribution in [0.1, 0.15) is 44.2 Å². The number of hydrogen-bond acceptors (Lipinski definition) is 2. The fourth-order valence-electron chi connectivity index (χ4n) is 2.54. The Hall–Kier alpha value is -0.470. The lowest BCUT2D eigenvalue weighted by molar-refractivity contribution is 0.445. The van der Waals surface area contributed by atoms with Gasteiger partial charge in [0.2, 0.25) is 0 Å². The van der Waals surface area contributed by atoms with E-state index in [0.29, 0.717) is 5.92 Å². The van der Waals surface area contributed by atoms with Gasteiger partial charge in [-0.2, -0.15) is 0 Å². The third kappa shape index (κ3) is 2.80. The molecule has 0 aliphatic heterocycles. The molecular weight excluding hydrogens is 214 g/mol. The SMILES string of the molecule is CCSc1ccc([C@H](N)C2CCCC2)cc1. The number of rotatable bonds is 4. The van der Waals surface area contributed by atoms with E-state index in [1.54, 1.807) is 0 Å². The average Bonchev–Trinajstić information content (AvgIpc) is 2.83. The summed E-state index contributed by atoms with van der Waals surface area (Å²) in [7, 11) is 0. The van der Waals surface area contributed by atoms with Crippen LogP contribution in [0.5, 0.6) is 0 Å². The maximum atomic E-state index is 6.32. The first-order valence-corrected chi connectivity index (χ1v) is 7.28. The maximum absolute atomic E-state index is 6.32. The second-order valence-corrected chi connectivity index (χ2v) is 5.91. The van der Waals surface area contributed by atoms with Gasteiger partial charge < -0.3 is 5.73 Å².